The summed E-state index contributed by atoms with van der Waals surface area (Å²) >= 11 is 0. The molecule has 3 N–H and O–H groups in total. The average molecular weight is 155 g/mol. The highest BCUT2D eigenvalue weighted by molar-refractivity contribution is 5.79. The van der Waals surface area contributed by atoms with Crippen LogP contribution in [0.1, 0.15) is 25.7 Å². The normalized spacial score (nSPS) is 48.1. The van der Waals surface area contributed by atoms with Crippen molar-refractivity contribution in [2.75, 3.05) is 0 Å². The summed E-state index contributed by atoms with van der Waals surface area (Å²) in [4.78, 5) is 10.8. The van der Waals surface area contributed by atoms with Crippen molar-refractivity contribution in [2.24, 2.45) is 17.6 Å². The lowest BCUT2D eigenvalue weighted by atomic mass is 9.82. The standard InChI is InChI=1S/C8H13NO2/c9-8(7(10)11)4-5-1-2-6(8)3-5/h5-6H,1-4,9H2,(H,10,11)/t5-,6+,8+/m1/s1. The Balaban J connectivity index is 2.23. The van der Waals surface area contributed by atoms with Gasteiger partial charge >= 0.3 is 5.97 Å². The zero-order chi connectivity index (χ0) is 8.06. The minimum Gasteiger partial charge on any atom is -0.480 e. The lowest BCUT2D eigenvalue weighted by Crippen LogP contribution is -2.52. The highest BCUT2D eigenvalue weighted by Crippen LogP contribution is 2.49. The maximum atomic E-state index is 10.8. The van der Waals surface area contributed by atoms with Crippen molar-refractivity contribution in [3.63, 3.8) is 0 Å². The number of rotatable bonds is 1. The van der Waals surface area contributed by atoms with Gasteiger partial charge in [-0.1, -0.05) is 6.42 Å². The Bertz CT molecular complexity index is 204. The summed E-state index contributed by atoms with van der Waals surface area (Å²) in [5.41, 5.74) is 4.92. The zero-order valence-corrected chi connectivity index (χ0v) is 6.42. The number of hydrogen-bond acceptors (Lipinski definition) is 2. The topological polar surface area (TPSA) is 63.3 Å². The minimum absolute atomic E-state index is 0.255. The maximum absolute atomic E-state index is 10.8. The van der Waals surface area contributed by atoms with Crippen molar-refractivity contribution in [2.45, 2.75) is 31.2 Å². The molecule has 0 unspecified atom stereocenters. The van der Waals surface area contributed by atoms with E-state index in [9.17, 15) is 4.79 Å². The van der Waals surface area contributed by atoms with Crippen molar-refractivity contribution in [1.29, 1.82) is 0 Å². The fourth-order valence-corrected chi connectivity index (χ4v) is 2.63. The van der Waals surface area contributed by atoms with E-state index in [1.54, 1.807) is 0 Å². The molecule has 2 bridgehead atoms. The second-order valence-corrected chi connectivity index (χ2v) is 3.93. The summed E-state index contributed by atoms with van der Waals surface area (Å²) in [5.74, 6) is 0.0517. The van der Waals surface area contributed by atoms with Gasteiger partial charge in [-0.15, -0.1) is 0 Å². The molecule has 2 rings (SSSR count). The van der Waals surface area contributed by atoms with Gasteiger partial charge in [0.15, 0.2) is 0 Å². The third-order valence-electron chi connectivity index (χ3n) is 3.29. The van der Waals surface area contributed by atoms with Gasteiger partial charge in [-0.05, 0) is 31.1 Å². The van der Waals surface area contributed by atoms with Crippen LogP contribution >= 0.6 is 0 Å². The molecule has 0 radical (unpaired) electrons. The molecule has 0 amide bonds. The molecule has 2 aliphatic carbocycles. The highest BCUT2D eigenvalue weighted by Gasteiger charge is 2.53. The summed E-state index contributed by atoms with van der Waals surface area (Å²) in [7, 11) is 0. The lowest BCUT2D eigenvalue weighted by Gasteiger charge is -2.28. The predicted molar refractivity (Wildman–Crippen MR) is 40.0 cm³/mol. The van der Waals surface area contributed by atoms with E-state index < -0.39 is 11.5 Å². The van der Waals surface area contributed by atoms with Crippen molar-refractivity contribution in [3.05, 3.63) is 0 Å². The van der Waals surface area contributed by atoms with Crippen molar-refractivity contribution < 1.29 is 9.90 Å². The molecule has 2 saturated carbocycles. The number of aliphatic carboxylic acids is 1. The van der Waals surface area contributed by atoms with Crippen LogP contribution in [0.15, 0.2) is 0 Å². The van der Waals surface area contributed by atoms with E-state index in [0.29, 0.717) is 12.3 Å². The average Bonchev–Trinajstić information content (AvgIpc) is 2.45. The maximum Gasteiger partial charge on any atom is 0.323 e. The Morgan fingerprint density at radius 3 is 2.55 bits per heavy atom. The molecule has 0 aromatic heterocycles. The molecular formula is C8H13NO2. The highest BCUT2D eigenvalue weighted by atomic mass is 16.4. The molecule has 11 heavy (non-hydrogen) atoms. The Hall–Kier alpha value is -0.570. The van der Waals surface area contributed by atoms with Crippen LogP contribution < -0.4 is 5.73 Å². The number of carboxylic acids is 1. The number of fused-ring (bicyclic) bond motifs is 2. The second-order valence-electron chi connectivity index (χ2n) is 3.93. The van der Waals surface area contributed by atoms with E-state index in [4.69, 9.17) is 10.8 Å². The Kier molecular flexibility index (Phi) is 1.27. The molecule has 0 heterocycles. The van der Waals surface area contributed by atoms with E-state index >= 15 is 0 Å². The Morgan fingerprint density at radius 1 is 1.55 bits per heavy atom. The molecule has 62 valence electrons. The van der Waals surface area contributed by atoms with Gasteiger partial charge in [0.2, 0.25) is 0 Å². The van der Waals surface area contributed by atoms with E-state index in [2.05, 4.69) is 0 Å². The summed E-state index contributed by atoms with van der Waals surface area (Å²) in [5, 5.41) is 8.87. The molecule has 0 aromatic carbocycles. The molecule has 2 aliphatic rings. The molecule has 3 atom stereocenters. The van der Waals surface area contributed by atoms with Gasteiger partial charge in [0, 0.05) is 0 Å². The second kappa shape index (κ2) is 1.97. The van der Waals surface area contributed by atoms with Gasteiger partial charge in [0.05, 0.1) is 0 Å². The first-order chi connectivity index (χ1) is 5.13. The summed E-state index contributed by atoms with van der Waals surface area (Å²) in [6.45, 7) is 0. The fourth-order valence-electron chi connectivity index (χ4n) is 2.63. The summed E-state index contributed by atoms with van der Waals surface area (Å²) in [6, 6.07) is 0. The Labute approximate surface area is 65.6 Å². The summed E-state index contributed by atoms with van der Waals surface area (Å²) < 4.78 is 0. The number of hydrogen-bond donors (Lipinski definition) is 2. The minimum atomic E-state index is -0.872. The first kappa shape index (κ1) is 7.10. The third-order valence-corrected chi connectivity index (χ3v) is 3.29. The molecule has 2 fully saturated rings. The van der Waals surface area contributed by atoms with Crippen molar-refractivity contribution in [3.8, 4) is 0 Å². The van der Waals surface area contributed by atoms with Crippen LogP contribution in [0.3, 0.4) is 0 Å². The third kappa shape index (κ3) is 0.805. The molecule has 3 heteroatoms. The molecule has 0 aliphatic heterocycles. The van der Waals surface area contributed by atoms with Crippen LogP contribution in [-0.2, 0) is 4.79 Å². The van der Waals surface area contributed by atoms with Crippen LogP contribution in [0.25, 0.3) is 0 Å². The van der Waals surface area contributed by atoms with Gasteiger partial charge in [0.25, 0.3) is 0 Å². The van der Waals surface area contributed by atoms with E-state index in [1.807, 2.05) is 0 Å². The van der Waals surface area contributed by atoms with Crippen molar-refractivity contribution in [1.82, 2.24) is 0 Å². The zero-order valence-electron chi connectivity index (χ0n) is 6.42. The van der Waals surface area contributed by atoms with Gasteiger partial charge in [-0.25, -0.2) is 0 Å². The van der Waals surface area contributed by atoms with Crippen LogP contribution in [-0.4, -0.2) is 16.6 Å². The van der Waals surface area contributed by atoms with Gasteiger partial charge < -0.3 is 10.8 Å². The van der Waals surface area contributed by atoms with Crippen LogP contribution in [0.4, 0.5) is 0 Å². The number of carbonyl (C=O) groups is 1. The van der Waals surface area contributed by atoms with Gasteiger partial charge in [-0.2, -0.15) is 0 Å². The van der Waals surface area contributed by atoms with Crippen LogP contribution in [0, 0.1) is 11.8 Å². The summed E-state index contributed by atoms with van der Waals surface area (Å²) in [6.07, 6.45) is 3.96. The quantitative estimate of drug-likeness (QED) is 0.582. The number of nitrogens with two attached hydrogens (primary N) is 1. The van der Waals surface area contributed by atoms with Crippen LogP contribution in [0.5, 0.6) is 0 Å². The van der Waals surface area contributed by atoms with E-state index in [1.165, 1.54) is 6.42 Å². The van der Waals surface area contributed by atoms with Gasteiger partial charge in [0.1, 0.15) is 5.54 Å². The first-order valence-corrected chi connectivity index (χ1v) is 4.15. The van der Waals surface area contributed by atoms with E-state index in [0.717, 1.165) is 12.8 Å². The lowest BCUT2D eigenvalue weighted by molar-refractivity contribution is -0.145. The molecule has 0 spiro atoms. The monoisotopic (exact) mass is 155 g/mol. The van der Waals surface area contributed by atoms with E-state index in [-0.39, 0.29) is 5.92 Å². The molecule has 3 nitrogen and oxygen atoms in total. The molecule has 0 aromatic rings. The van der Waals surface area contributed by atoms with Gasteiger partial charge in [-0.3, -0.25) is 4.79 Å². The van der Waals surface area contributed by atoms with Crippen molar-refractivity contribution >= 4 is 5.97 Å². The fraction of sp³-hybridized carbons (Fsp3) is 0.875. The smallest absolute Gasteiger partial charge is 0.323 e. The number of carboxylic acid groups (broad SMARTS) is 1. The predicted octanol–water partition coefficient (Wildman–Crippen LogP) is 0.588. The molecule has 0 saturated heterocycles. The first-order valence-electron chi connectivity index (χ1n) is 4.15. The molecular weight excluding hydrogens is 142 g/mol. The SMILES string of the molecule is N[C@@]1(C(=O)O)C[C@@H]2CC[C@H]1C2. The Morgan fingerprint density at radius 2 is 2.27 bits per heavy atom. The largest absolute Gasteiger partial charge is 0.480 e. The van der Waals surface area contributed by atoms with Crippen LogP contribution in [0.2, 0.25) is 0 Å².